The van der Waals surface area contributed by atoms with Crippen LogP contribution in [0.3, 0.4) is 0 Å². The number of hydrogen-bond acceptors (Lipinski definition) is 4. The number of benzene rings is 1. The van der Waals surface area contributed by atoms with Crippen LogP contribution in [0.25, 0.3) is 11.0 Å². The molecule has 0 saturated carbocycles. The summed E-state index contributed by atoms with van der Waals surface area (Å²) in [5, 5.41) is 0. The number of aromatic nitrogens is 2. The number of nitrogens with zero attached hydrogens (tertiary/aromatic N) is 2. The van der Waals surface area contributed by atoms with Gasteiger partial charge in [0.25, 0.3) is 6.01 Å². The summed E-state index contributed by atoms with van der Waals surface area (Å²) in [6, 6.07) is 5.87. The first-order valence-electron chi connectivity index (χ1n) is 5.94. The summed E-state index contributed by atoms with van der Waals surface area (Å²) in [4.78, 5) is 16.2. The Morgan fingerprint density at radius 2 is 2.11 bits per heavy atom. The van der Waals surface area contributed by atoms with E-state index >= 15 is 0 Å². The Bertz CT molecular complexity index is 575. The Balaban J connectivity index is 2.57. The molecule has 96 valence electrons. The highest BCUT2D eigenvalue weighted by molar-refractivity contribution is 6.02. The summed E-state index contributed by atoms with van der Waals surface area (Å²) in [5.74, 6) is -0.339. The van der Waals surface area contributed by atoms with Crippen LogP contribution in [0.4, 0.5) is 0 Å². The maximum atomic E-state index is 11.9. The number of carbonyl (C=O) groups is 1. The number of fused-ring (bicyclic) bond motifs is 1. The van der Waals surface area contributed by atoms with Gasteiger partial charge in [0.15, 0.2) is 0 Å². The fourth-order valence-electron chi connectivity index (χ4n) is 1.88. The molecule has 0 aliphatic rings. The number of carbonyl (C=O) groups excluding carboxylic acids is 1. The lowest BCUT2D eigenvalue weighted by Gasteiger charge is -2.06. The van der Waals surface area contributed by atoms with Crippen molar-refractivity contribution in [2.24, 2.45) is 7.05 Å². The highest BCUT2D eigenvalue weighted by Gasteiger charge is 2.17. The summed E-state index contributed by atoms with van der Waals surface area (Å²) in [6.45, 7) is 4.57. The molecular weight excluding hydrogens is 232 g/mol. The van der Waals surface area contributed by atoms with E-state index < -0.39 is 0 Å². The average molecular weight is 248 g/mol. The molecule has 2 rings (SSSR count). The van der Waals surface area contributed by atoms with E-state index in [-0.39, 0.29) is 5.97 Å². The first-order valence-corrected chi connectivity index (χ1v) is 5.94. The van der Waals surface area contributed by atoms with Gasteiger partial charge < -0.3 is 9.47 Å². The number of rotatable bonds is 4. The second-order valence-electron chi connectivity index (χ2n) is 3.78. The van der Waals surface area contributed by atoms with Crippen LogP contribution in [0.1, 0.15) is 24.2 Å². The maximum Gasteiger partial charge on any atom is 0.340 e. The van der Waals surface area contributed by atoms with Crippen LogP contribution in [0, 0.1) is 0 Å². The lowest BCUT2D eigenvalue weighted by Crippen LogP contribution is -2.07. The number of hydrogen-bond donors (Lipinski definition) is 0. The second kappa shape index (κ2) is 5.08. The van der Waals surface area contributed by atoms with Gasteiger partial charge in [-0.15, -0.1) is 0 Å². The largest absolute Gasteiger partial charge is 0.465 e. The van der Waals surface area contributed by atoms with Crippen LogP contribution in [0.2, 0.25) is 0 Å². The SMILES string of the molecule is CCOC(=O)c1cccc2nc(OCC)n(C)c12. The molecular formula is C13H16N2O3. The molecule has 2 aromatic rings. The fraction of sp³-hybridized carbons (Fsp3) is 0.385. The van der Waals surface area contributed by atoms with Crippen molar-refractivity contribution in [2.75, 3.05) is 13.2 Å². The van der Waals surface area contributed by atoms with Gasteiger partial charge in [-0.05, 0) is 26.0 Å². The maximum absolute atomic E-state index is 11.9. The van der Waals surface area contributed by atoms with Crippen molar-refractivity contribution in [3.05, 3.63) is 23.8 Å². The Morgan fingerprint density at radius 3 is 2.78 bits per heavy atom. The summed E-state index contributed by atoms with van der Waals surface area (Å²) in [5.41, 5.74) is 1.97. The molecule has 18 heavy (non-hydrogen) atoms. The minimum absolute atomic E-state index is 0.339. The number of imidazole rings is 1. The topological polar surface area (TPSA) is 53.4 Å². The molecule has 1 aromatic heterocycles. The fourth-order valence-corrected chi connectivity index (χ4v) is 1.88. The third-order valence-corrected chi connectivity index (χ3v) is 2.62. The van der Waals surface area contributed by atoms with Gasteiger partial charge in [0, 0.05) is 7.05 Å². The van der Waals surface area contributed by atoms with Crippen molar-refractivity contribution in [3.63, 3.8) is 0 Å². The first kappa shape index (κ1) is 12.4. The van der Waals surface area contributed by atoms with Gasteiger partial charge in [-0.1, -0.05) is 6.07 Å². The van der Waals surface area contributed by atoms with E-state index in [1.165, 1.54) is 0 Å². The van der Waals surface area contributed by atoms with E-state index in [0.717, 1.165) is 11.0 Å². The van der Waals surface area contributed by atoms with Crippen molar-refractivity contribution in [2.45, 2.75) is 13.8 Å². The lowest BCUT2D eigenvalue weighted by molar-refractivity contribution is 0.0528. The molecule has 0 spiro atoms. The van der Waals surface area contributed by atoms with Crippen LogP contribution in [0.15, 0.2) is 18.2 Å². The molecule has 0 N–H and O–H groups in total. The first-order chi connectivity index (χ1) is 8.69. The van der Waals surface area contributed by atoms with E-state index in [2.05, 4.69) is 4.98 Å². The van der Waals surface area contributed by atoms with Crippen molar-refractivity contribution >= 4 is 17.0 Å². The molecule has 1 heterocycles. The molecule has 0 radical (unpaired) electrons. The monoisotopic (exact) mass is 248 g/mol. The minimum atomic E-state index is -0.339. The van der Waals surface area contributed by atoms with Crippen LogP contribution in [-0.2, 0) is 11.8 Å². The molecule has 0 aliphatic heterocycles. The molecule has 0 saturated heterocycles. The van der Waals surface area contributed by atoms with Crippen LogP contribution in [0.5, 0.6) is 6.01 Å². The lowest BCUT2D eigenvalue weighted by atomic mass is 10.2. The van der Waals surface area contributed by atoms with E-state index in [0.29, 0.717) is 24.8 Å². The predicted octanol–water partition coefficient (Wildman–Crippen LogP) is 2.15. The number of ether oxygens (including phenoxy) is 2. The van der Waals surface area contributed by atoms with Gasteiger partial charge in [-0.3, -0.25) is 4.57 Å². The van der Waals surface area contributed by atoms with Gasteiger partial charge in [-0.2, -0.15) is 4.98 Å². The molecule has 5 nitrogen and oxygen atoms in total. The number of para-hydroxylation sites is 1. The summed E-state index contributed by atoms with van der Waals surface area (Å²) < 4.78 is 12.2. The van der Waals surface area contributed by atoms with Crippen molar-refractivity contribution in [1.82, 2.24) is 9.55 Å². The highest BCUT2D eigenvalue weighted by Crippen LogP contribution is 2.23. The molecule has 5 heteroatoms. The van der Waals surface area contributed by atoms with Crippen molar-refractivity contribution in [1.29, 1.82) is 0 Å². The molecule has 0 atom stereocenters. The smallest absolute Gasteiger partial charge is 0.340 e. The Morgan fingerprint density at radius 1 is 1.33 bits per heavy atom. The molecule has 0 unspecified atom stereocenters. The summed E-state index contributed by atoms with van der Waals surface area (Å²) >= 11 is 0. The zero-order chi connectivity index (χ0) is 13.1. The summed E-state index contributed by atoms with van der Waals surface area (Å²) in [7, 11) is 1.82. The molecule has 0 bridgehead atoms. The second-order valence-corrected chi connectivity index (χ2v) is 3.78. The summed E-state index contributed by atoms with van der Waals surface area (Å²) in [6.07, 6.45) is 0. The Hall–Kier alpha value is -2.04. The standard InChI is InChI=1S/C13H16N2O3/c1-4-17-12(16)9-7-6-8-10-11(9)15(3)13(14-10)18-5-2/h6-8H,4-5H2,1-3H3. The third kappa shape index (κ3) is 2.03. The predicted molar refractivity (Wildman–Crippen MR) is 67.8 cm³/mol. The molecule has 1 aromatic carbocycles. The highest BCUT2D eigenvalue weighted by atomic mass is 16.5. The van der Waals surface area contributed by atoms with Crippen LogP contribution in [-0.4, -0.2) is 28.7 Å². The number of aryl methyl sites for hydroxylation is 1. The van der Waals surface area contributed by atoms with Gasteiger partial charge in [0.05, 0.1) is 29.8 Å². The normalized spacial score (nSPS) is 10.6. The third-order valence-electron chi connectivity index (χ3n) is 2.62. The van der Waals surface area contributed by atoms with Crippen LogP contribution < -0.4 is 4.74 Å². The van der Waals surface area contributed by atoms with E-state index in [1.54, 1.807) is 23.6 Å². The molecule has 0 amide bonds. The zero-order valence-electron chi connectivity index (χ0n) is 10.8. The molecule has 0 aliphatic carbocycles. The van der Waals surface area contributed by atoms with E-state index in [1.807, 2.05) is 20.0 Å². The van der Waals surface area contributed by atoms with E-state index in [4.69, 9.17) is 9.47 Å². The van der Waals surface area contributed by atoms with Gasteiger partial charge in [0.2, 0.25) is 0 Å². The average Bonchev–Trinajstić information content (AvgIpc) is 2.67. The number of esters is 1. The molecule has 0 fully saturated rings. The van der Waals surface area contributed by atoms with Crippen molar-refractivity contribution in [3.8, 4) is 6.01 Å². The van der Waals surface area contributed by atoms with Crippen LogP contribution >= 0.6 is 0 Å². The van der Waals surface area contributed by atoms with Gasteiger partial charge in [0.1, 0.15) is 0 Å². The quantitative estimate of drug-likeness (QED) is 0.778. The van der Waals surface area contributed by atoms with Crippen molar-refractivity contribution < 1.29 is 14.3 Å². The van der Waals surface area contributed by atoms with E-state index in [9.17, 15) is 4.79 Å². The zero-order valence-corrected chi connectivity index (χ0v) is 10.8. The van der Waals surface area contributed by atoms with Gasteiger partial charge in [-0.25, -0.2) is 4.79 Å². The Labute approximate surface area is 105 Å². The minimum Gasteiger partial charge on any atom is -0.465 e. The van der Waals surface area contributed by atoms with Gasteiger partial charge >= 0.3 is 5.97 Å². The Kier molecular flexibility index (Phi) is 3.50.